The smallest absolute Gasteiger partial charge is 0.211 e. The molecule has 0 radical (unpaired) electrons. The summed E-state index contributed by atoms with van der Waals surface area (Å²) in [7, 11) is -3.13. The Morgan fingerprint density at radius 3 is 2.62 bits per heavy atom. The van der Waals surface area contributed by atoms with Gasteiger partial charge in [-0.05, 0) is 5.92 Å². The van der Waals surface area contributed by atoms with E-state index >= 15 is 0 Å². The van der Waals surface area contributed by atoms with Crippen molar-refractivity contribution >= 4 is 10.0 Å². The maximum absolute atomic E-state index is 12.0. The van der Waals surface area contributed by atoms with Gasteiger partial charge in [-0.1, -0.05) is 13.8 Å². The molecule has 3 fully saturated rings. The van der Waals surface area contributed by atoms with Crippen LogP contribution in [0.3, 0.4) is 0 Å². The van der Waals surface area contributed by atoms with Crippen molar-refractivity contribution in [3.05, 3.63) is 0 Å². The number of piperazine rings is 1. The Morgan fingerprint density at radius 2 is 2.00 bits per heavy atom. The highest BCUT2D eigenvalue weighted by Gasteiger charge is 2.55. The zero-order valence-electron chi connectivity index (χ0n) is 13.3. The second kappa shape index (κ2) is 5.45. The molecule has 6 nitrogen and oxygen atoms in total. The van der Waals surface area contributed by atoms with Crippen molar-refractivity contribution in [3.8, 4) is 0 Å². The number of morpholine rings is 1. The Morgan fingerprint density at radius 1 is 1.29 bits per heavy atom. The molecule has 0 amide bonds. The maximum Gasteiger partial charge on any atom is 0.211 e. The van der Waals surface area contributed by atoms with Crippen LogP contribution in [-0.4, -0.2) is 92.8 Å². The van der Waals surface area contributed by atoms with E-state index in [-0.39, 0.29) is 11.6 Å². The molecule has 1 atom stereocenters. The molecular weight excluding hydrogens is 290 g/mol. The number of hydrogen-bond donors (Lipinski definition) is 0. The zero-order valence-corrected chi connectivity index (χ0v) is 14.1. The molecule has 0 saturated carbocycles. The summed E-state index contributed by atoms with van der Waals surface area (Å²) in [6.45, 7) is 11.1. The molecule has 3 aliphatic heterocycles. The molecule has 0 aromatic rings. The summed E-state index contributed by atoms with van der Waals surface area (Å²) in [5.41, 5.74) is 0.00463. The lowest BCUT2D eigenvalue weighted by Gasteiger charge is -2.63. The van der Waals surface area contributed by atoms with Crippen LogP contribution in [-0.2, 0) is 14.8 Å². The van der Waals surface area contributed by atoms with Gasteiger partial charge in [-0.15, -0.1) is 0 Å². The van der Waals surface area contributed by atoms with E-state index in [0.29, 0.717) is 25.6 Å². The largest absolute Gasteiger partial charge is 0.378 e. The van der Waals surface area contributed by atoms with Crippen LogP contribution in [0.15, 0.2) is 0 Å². The summed E-state index contributed by atoms with van der Waals surface area (Å²) in [5, 5.41) is 0. The lowest BCUT2D eigenvalue weighted by molar-refractivity contribution is -0.154. The second-order valence-electron chi connectivity index (χ2n) is 7.27. The number of likely N-dealkylation sites (tertiary alicyclic amines) is 1. The van der Waals surface area contributed by atoms with E-state index in [4.69, 9.17) is 4.74 Å². The molecule has 1 spiro atoms. The van der Waals surface area contributed by atoms with Crippen LogP contribution in [0.25, 0.3) is 0 Å². The summed E-state index contributed by atoms with van der Waals surface area (Å²) in [5.74, 6) is 0.650. The fourth-order valence-electron chi connectivity index (χ4n) is 4.12. The fourth-order valence-corrected chi connectivity index (χ4v) is 5.03. The van der Waals surface area contributed by atoms with Crippen LogP contribution in [0.1, 0.15) is 13.8 Å². The van der Waals surface area contributed by atoms with E-state index in [2.05, 4.69) is 23.6 Å². The highest BCUT2D eigenvalue weighted by molar-refractivity contribution is 7.88. The molecule has 21 heavy (non-hydrogen) atoms. The third-order valence-corrected chi connectivity index (χ3v) is 6.07. The van der Waals surface area contributed by atoms with E-state index in [1.807, 2.05) is 0 Å². The Labute approximate surface area is 128 Å². The summed E-state index contributed by atoms with van der Waals surface area (Å²) in [6.07, 6.45) is 1.32. The molecule has 0 N–H and O–H groups in total. The fraction of sp³-hybridized carbons (Fsp3) is 1.00. The van der Waals surface area contributed by atoms with Crippen molar-refractivity contribution in [2.24, 2.45) is 5.92 Å². The van der Waals surface area contributed by atoms with Crippen molar-refractivity contribution < 1.29 is 13.2 Å². The van der Waals surface area contributed by atoms with Crippen molar-refractivity contribution in [3.63, 3.8) is 0 Å². The first kappa shape index (κ1) is 15.7. The first-order chi connectivity index (χ1) is 9.80. The third kappa shape index (κ3) is 2.99. The molecule has 0 bridgehead atoms. The second-order valence-corrected chi connectivity index (χ2v) is 9.25. The first-order valence-corrected chi connectivity index (χ1v) is 9.67. The lowest BCUT2D eigenvalue weighted by Crippen LogP contribution is -2.81. The number of hydrogen-bond acceptors (Lipinski definition) is 5. The molecular formula is C14H27N3O3S. The molecule has 0 aromatic carbocycles. The van der Waals surface area contributed by atoms with Crippen molar-refractivity contribution in [1.29, 1.82) is 0 Å². The van der Waals surface area contributed by atoms with Gasteiger partial charge in [0.2, 0.25) is 10.0 Å². The van der Waals surface area contributed by atoms with Gasteiger partial charge in [-0.3, -0.25) is 9.80 Å². The van der Waals surface area contributed by atoms with Gasteiger partial charge >= 0.3 is 0 Å². The Bertz CT molecular complexity index is 488. The van der Waals surface area contributed by atoms with Crippen LogP contribution >= 0.6 is 0 Å². The van der Waals surface area contributed by atoms with Crippen LogP contribution in [0.4, 0.5) is 0 Å². The highest BCUT2D eigenvalue weighted by Crippen LogP contribution is 2.36. The summed E-state index contributed by atoms with van der Waals surface area (Å²) >= 11 is 0. The quantitative estimate of drug-likeness (QED) is 0.714. The van der Waals surface area contributed by atoms with E-state index < -0.39 is 10.0 Å². The van der Waals surface area contributed by atoms with Crippen LogP contribution in [0, 0.1) is 5.92 Å². The molecule has 122 valence electrons. The topological polar surface area (TPSA) is 53.1 Å². The predicted molar refractivity (Wildman–Crippen MR) is 81.7 cm³/mol. The number of fused-ring (bicyclic) bond motifs is 2. The lowest BCUT2D eigenvalue weighted by atomic mass is 9.83. The molecule has 0 unspecified atom stereocenters. The predicted octanol–water partition coefficient (Wildman–Crippen LogP) is -0.327. The molecule has 0 aliphatic carbocycles. The number of nitrogens with zero attached hydrogens (tertiary/aromatic N) is 3. The standard InChI is InChI=1S/C14H27N3O3S/c1-12(2)6-15-9-14(10-15)11-16(21(3,18)19)7-13-8-20-5-4-17(13)14/h12-13H,4-11H2,1-3H3/t13-/m1/s1. The van der Waals surface area contributed by atoms with E-state index in [1.54, 1.807) is 4.31 Å². The highest BCUT2D eigenvalue weighted by atomic mass is 32.2. The van der Waals surface area contributed by atoms with Crippen LogP contribution < -0.4 is 0 Å². The first-order valence-electron chi connectivity index (χ1n) is 7.82. The van der Waals surface area contributed by atoms with Gasteiger partial charge in [0.1, 0.15) is 0 Å². The Hall–Kier alpha value is -0.210. The van der Waals surface area contributed by atoms with Gasteiger partial charge in [0.25, 0.3) is 0 Å². The average molecular weight is 317 g/mol. The molecule has 7 heteroatoms. The number of sulfonamides is 1. The third-order valence-electron chi connectivity index (χ3n) is 4.85. The van der Waals surface area contributed by atoms with Crippen molar-refractivity contribution in [2.45, 2.75) is 25.4 Å². The van der Waals surface area contributed by atoms with Gasteiger partial charge in [-0.25, -0.2) is 8.42 Å². The summed E-state index contributed by atoms with van der Waals surface area (Å²) in [4.78, 5) is 4.97. The molecule has 3 saturated heterocycles. The van der Waals surface area contributed by atoms with Gasteiger partial charge < -0.3 is 4.74 Å². The monoisotopic (exact) mass is 317 g/mol. The summed E-state index contributed by atoms with van der Waals surface area (Å²) in [6, 6.07) is 0.212. The van der Waals surface area contributed by atoms with E-state index in [9.17, 15) is 8.42 Å². The van der Waals surface area contributed by atoms with Gasteiger partial charge in [0, 0.05) is 45.3 Å². The number of rotatable bonds is 3. The molecule has 3 heterocycles. The zero-order chi connectivity index (χ0) is 15.3. The van der Waals surface area contributed by atoms with Crippen molar-refractivity contribution in [2.75, 3.05) is 58.7 Å². The molecule has 0 aromatic heterocycles. The SMILES string of the molecule is CC(C)CN1CC2(C1)CN(S(C)(=O)=O)C[C@@H]1COCCN12. The van der Waals surface area contributed by atoms with Crippen LogP contribution in [0.2, 0.25) is 0 Å². The molecule has 3 aliphatic rings. The van der Waals surface area contributed by atoms with Gasteiger partial charge in [0.05, 0.1) is 25.0 Å². The van der Waals surface area contributed by atoms with Crippen LogP contribution in [0.5, 0.6) is 0 Å². The van der Waals surface area contributed by atoms with Gasteiger partial charge in [0.15, 0.2) is 0 Å². The minimum atomic E-state index is -3.13. The normalized spacial score (nSPS) is 31.3. The van der Waals surface area contributed by atoms with Crippen molar-refractivity contribution in [1.82, 2.24) is 14.1 Å². The molecule has 3 rings (SSSR count). The summed E-state index contributed by atoms with van der Waals surface area (Å²) < 4.78 is 31.2. The maximum atomic E-state index is 12.0. The number of ether oxygens (including phenoxy) is 1. The minimum Gasteiger partial charge on any atom is -0.378 e. The van der Waals surface area contributed by atoms with Gasteiger partial charge in [-0.2, -0.15) is 4.31 Å². The van der Waals surface area contributed by atoms with E-state index in [1.165, 1.54) is 6.26 Å². The Balaban J connectivity index is 1.77. The Kier molecular flexibility index (Phi) is 4.07. The minimum absolute atomic E-state index is 0.00463. The average Bonchev–Trinajstić information content (AvgIpc) is 2.35. The van der Waals surface area contributed by atoms with E-state index in [0.717, 1.165) is 32.8 Å².